The smallest absolute Gasteiger partial charge is 0.0376 e. The highest BCUT2D eigenvalue weighted by Crippen LogP contribution is 2.35. The van der Waals surface area contributed by atoms with Gasteiger partial charge in [-0.25, -0.2) is 0 Å². The zero-order chi connectivity index (χ0) is 11.7. The fourth-order valence-electron chi connectivity index (χ4n) is 3.00. The first-order chi connectivity index (χ1) is 8.31. The van der Waals surface area contributed by atoms with Crippen molar-refractivity contribution in [3.63, 3.8) is 0 Å². The second-order valence-electron chi connectivity index (χ2n) is 5.51. The third-order valence-corrected chi connectivity index (χ3v) is 4.54. The molecule has 1 aliphatic carbocycles. The Morgan fingerprint density at radius 3 is 2.94 bits per heavy atom. The molecule has 0 bridgehead atoms. The molecule has 2 heteroatoms. The maximum Gasteiger partial charge on any atom is 0.0376 e. The number of fused-ring (bicyclic) bond motifs is 1. The van der Waals surface area contributed by atoms with Crippen molar-refractivity contribution in [2.24, 2.45) is 0 Å². The molecule has 1 saturated carbocycles. The lowest BCUT2D eigenvalue weighted by Crippen LogP contribution is -2.49. The first-order valence-corrected chi connectivity index (χ1v) is 6.92. The summed E-state index contributed by atoms with van der Waals surface area (Å²) >= 11 is 0. The maximum atomic E-state index is 3.76. The van der Waals surface area contributed by atoms with Crippen LogP contribution in [0.1, 0.15) is 43.7 Å². The fourth-order valence-corrected chi connectivity index (χ4v) is 3.00. The lowest BCUT2D eigenvalue weighted by Gasteiger charge is -2.42. The molecule has 0 saturated heterocycles. The van der Waals surface area contributed by atoms with Crippen LogP contribution in [-0.4, -0.2) is 12.1 Å². The summed E-state index contributed by atoms with van der Waals surface area (Å²) in [5.41, 5.74) is 4.69. The Hall–Kier alpha value is -1.02. The lowest BCUT2D eigenvalue weighted by atomic mass is 9.75. The molecule has 2 N–H and O–H groups in total. The van der Waals surface area contributed by atoms with E-state index in [9.17, 15) is 0 Å². The Labute approximate surface area is 104 Å². The summed E-state index contributed by atoms with van der Waals surface area (Å²) in [6.07, 6.45) is 6.55. The van der Waals surface area contributed by atoms with Crippen LogP contribution in [-0.2, 0) is 13.0 Å². The molecule has 1 aromatic rings. The molecular formula is C15H22N2. The monoisotopic (exact) mass is 230 g/mol. The second kappa shape index (κ2) is 4.34. The van der Waals surface area contributed by atoms with E-state index in [4.69, 9.17) is 0 Å². The van der Waals surface area contributed by atoms with Gasteiger partial charge in [0, 0.05) is 24.3 Å². The van der Waals surface area contributed by atoms with Crippen molar-refractivity contribution < 1.29 is 0 Å². The number of hydrogen-bond acceptors (Lipinski definition) is 2. The van der Waals surface area contributed by atoms with Crippen LogP contribution in [0, 0.1) is 0 Å². The average molecular weight is 230 g/mol. The van der Waals surface area contributed by atoms with Crippen molar-refractivity contribution in [1.82, 2.24) is 5.32 Å². The van der Waals surface area contributed by atoms with Crippen molar-refractivity contribution in [2.45, 2.75) is 51.1 Å². The third kappa shape index (κ3) is 2.06. The summed E-state index contributed by atoms with van der Waals surface area (Å²) in [5, 5.41) is 7.21. The van der Waals surface area contributed by atoms with E-state index in [2.05, 4.69) is 35.8 Å². The summed E-state index contributed by atoms with van der Waals surface area (Å²) in [6, 6.07) is 6.88. The van der Waals surface area contributed by atoms with E-state index in [-0.39, 0.29) is 0 Å². The molecule has 2 nitrogen and oxygen atoms in total. The molecule has 1 fully saturated rings. The van der Waals surface area contributed by atoms with Crippen LogP contribution in [0.5, 0.6) is 0 Å². The Bertz CT molecular complexity index is 402. The van der Waals surface area contributed by atoms with Crippen molar-refractivity contribution >= 4 is 5.69 Å². The highest BCUT2D eigenvalue weighted by atomic mass is 15.0. The summed E-state index contributed by atoms with van der Waals surface area (Å²) in [4.78, 5) is 0. The molecular weight excluding hydrogens is 208 g/mol. The molecule has 0 aromatic heterocycles. The Morgan fingerprint density at radius 2 is 2.24 bits per heavy atom. The van der Waals surface area contributed by atoms with Crippen molar-refractivity contribution in [1.29, 1.82) is 0 Å². The summed E-state index contributed by atoms with van der Waals surface area (Å²) < 4.78 is 0. The Balaban J connectivity index is 1.65. The third-order valence-electron chi connectivity index (χ3n) is 4.54. The summed E-state index contributed by atoms with van der Waals surface area (Å²) in [6.45, 7) is 4.42. The zero-order valence-electron chi connectivity index (χ0n) is 10.7. The minimum atomic E-state index is 0.451. The number of nitrogens with one attached hydrogen (secondary N) is 2. The molecule has 1 heterocycles. The van der Waals surface area contributed by atoms with E-state index >= 15 is 0 Å². The standard InChI is InChI=1S/C15H22N2/c1-2-15(7-3-8-15)17-11-12-4-5-13-6-9-16-14(13)10-12/h4-5,10,16-17H,2-3,6-9,11H2,1H3. The van der Waals surface area contributed by atoms with Crippen molar-refractivity contribution in [2.75, 3.05) is 11.9 Å². The Kier molecular flexibility index (Phi) is 2.83. The quantitative estimate of drug-likeness (QED) is 0.830. The van der Waals surface area contributed by atoms with Gasteiger partial charge in [-0.1, -0.05) is 19.1 Å². The van der Waals surface area contributed by atoms with Gasteiger partial charge < -0.3 is 10.6 Å². The van der Waals surface area contributed by atoms with Crippen LogP contribution in [0.4, 0.5) is 5.69 Å². The van der Waals surface area contributed by atoms with Gasteiger partial charge in [-0.15, -0.1) is 0 Å². The summed E-state index contributed by atoms with van der Waals surface area (Å²) in [5.74, 6) is 0. The number of hydrogen-bond donors (Lipinski definition) is 2. The van der Waals surface area contributed by atoms with Crippen molar-refractivity contribution in [3.05, 3.63) is 29.3 Å². The Morgan fingerprint density at radius 1 is 1.35 bits per heavy atom. The second-order valence-corrected chi connectivity index (χ2v) is 5.51. The molecule has 1 aromatic carbocycles. The van der Waals surface area contributed by atoms with Gasteiger partial charge in [-0.05, 0) is 49.3 Å². The molecule has 1 aliphatic heterocycles. The molecule has 0 amide bonds. The van der Waals surface area contributed by atoms with Gasteiger partial charge in [-0.2, -0.15) is 0 Å². The van der Waals surface area contributed by atoms with E-state index in [0.29, 0.717) is 5.54 Å². The normalized spacial score (nSPS) is 20.5. The molecule has 0 spiro atoms. The van der Waals surface area contributed by atoms with Crippen LogP contribution in [0.3, 0.4) is 0 Å². The first-order valence-electron chi connectivity index (χ1n) is 6.92. The van der Waals surface area contributed by atoms with Gasteiger partial charge in [0.05, 0.1) is 0 Å². The molecule has 0 radical (unpaired) electrons. The van der Waals surface area contributed by atoms with Gasteiger partial charge in [0.2, 0.25) is 0 Å². The fraction of sp³-hybridized carbons (Fsp3) is 0.600. The van der Waals surface area contributed by atoms with Crippen molar-refractivity contribution in [3.8, 4) is 0 Å². The van der Waals surface area contributed by atoms with Crippen LogP contribution in [0.2, 0.25) is 0 Å². The highest BCUT2D eigenvalue weighted by molar-refractivity contribution is 5.57. The minimum absolute atomic E-state index is 0.451. The van der Waals surface area contributed by atoms with E-state index in [1.54, 1.807) is 0 Å². The number of anilines is 1. The largest absolute Gasteiger partial charge is 0.384 e. The predicted molar refractivity (Wildman–Crippen MR) is 72.3 cm³/mol. The lowest BCUT2D eigenvalue weighted by molar-refractivity contribution is 0.175. The highest BCUT2D eigenvalue weighted by Gasteiger charge is 2.34. The average Bonchev–Trinajstić information content (AvgIpc) is 2.75. The molecule has 0 unspecified atom stereocenters. The zero-order valence-corrected chi connectivity index (χ0v) is 10.7. The van der Waals surface area contributed by atoms with Crippen LogP contribution in [0.15, 0.2) is 18.2 Å². The van der Waals surface area contributed by atoms with Crippen LogP contribution >= 0.6 is 0 Å². The maximum absolute atomic E-state index is 3.76. The first kappa shape index (κ1) is 11.1. The minimum Gasteiger partial charge on any atom is -0.384 e. The topological polar surface area (TPSA) is 24.1 Å². The number of rotatable bonds is 4. The van der Waals surface area contributed by atoms with E-state index < -0.39 is 0 Å². The van der Waals surface area contributed by atoms with E-state index in [0.717, 1.165) is 13.1 Å². The summed E-state index contributed by atoms with van der Waals surface area (Å²) in [7, 11) is 0. The molecule has 17 heavy (non-hydrogen) atoms. The van der Waals surface area contributed by atoms with Gasteiger partial charge in [0.15, 0.2) is 0 Å². The van der Waals surface area contributed by atoms with Gasteiger partial charge in [-0.3, -0.25) is 0 Å². The van der Waals surface area contributed by atoms with Crippen LogP contribution in [0.25, 0.3) is 0 Å². The van der Waals surface area contributed by atoms with E-state index in [1.807, 2.05) is 0 Å². The molecule has 2 aliphatic rings. The van der Waals surface area contributed by atoms with Crippen LogP contribution < -0.4 is 10.6 Å². The van der Waals surface area contributed by atoms with Gasteiger partial charge in [0.1, 0.15) is 0 Å². The van der Waals surface area contributed by atoms with Gasteiger partial charge in [0.25, 0.3) is 0 Å². The SMILES string of the molecule is CCC1(NCc2ccc3c(c2)NCC3)CCC1. The number of benzene rings is 1. The molecule has 3 rings (SSSR count). The predicted octanol–water partition coefficient (Wildman–Crippen LogP) is 3.08. The molecule has 0 atom stereocenters. The van der Waals surface area contributed by atoms with Gasteiger partial charge >= 0.3 is 0 Å². The molecule has 92 valence electrons. The van der Waals surface area contributed by atoms with E-state index in [1.165, 1.54) is 48.9 Å².